The molecule has 1 saturated heterocycles. The second-order valence-corrected chi connectivity index (χ2v) is 9.26. The Labute approximate surface area is 186 Å². The Morgan fingerprint density at radius 1 is 0.969 bits per heavy atom. The second kappa shape index (κ2) is 9.35. The SMILES string of the molecule is O=C(Cc1ccc(NS(=O)(=O)c2ccc(F)cc2)cc1)Nc1ccc(N2CCCC2)cn1. The van der Waals surface area contributed by atoms with Crippen molar-refractivity contribution in [1.82, 2.24) is 4.98 Å². The summed E-state index contributed by atoms with van der Waals surface area (Å²) in [6, 6.07) is 14.8. The van der Waals surface area contributed by atoms with Crippen LogP contribution in [0.5, 0.6) is 0 Å². The van der Waals surface area contributed by atoms with Crippen molar-refractivity contribution in [1.29, 1.82) is 0 Å². The molecule has 0 saturated carbocycles. The average molecular weight is 455 g/mol. The highest BCUT2D eigenvalue weighted by Gasteiger charge is 2.15. The minimum atomic E-state index is -3.82. The lowest BCUT2D eigenvalue weighted by molar-refractivity contribution is -0.115. The Kier molecular flexibility index (Phi) is 6.36. The summed E-state index contributed by atoms with van der Waals surface area (Å²) >= 11 is 0. The number of nitrogens with zero attached hydrogens (tertiary/aromatic N) is 2. The Balaban J connectivity index is 1.33. The van der Waals surface area contributed by atoms with Crippen molar-refractivity contribution in [2.24, 2.45) is 0 Å². The van der Waals surface area contributed by atoms with Gasteiger partial charge in [-0.1, -0.05) is 12.1 Å². The predicted molar refractivity (Wildman–Crippen MR) is 122 cm³/mol. The van der Waals surface area contributed by atoms with Gasteiger partial charge in [-0.3, -0.25) is 9.52 Å². The lowest BCUT2D eigenvalue weighted by Crippen LogP contribution is -2.18. The number of amides is 1. The van der Waals surface area contributed by atoms with Crippen LogP contribution in [0.2, 0.25) is 0 Å². The van der Waals surface area contributed by atoms with E-state index in [4.69, 9.17) is 0 Å². The van der Waals surface area contributed by atoms with Crippen LogP contribution in [-0.2, 0) is 21.2 Å². The quantitative estimate of drug-likeness (QED) is 0.567. The van der Waals surface area contributed by atoms with E-state index in [-0.39, 0.29) is 17.2 Å². The zero-order valence-electron chi connectivity index (χ0n) is 17.3. The summed E-state index contributed by atoms with van der Waals surface area (Å²) < 4.78 is 40.2. The van der Waals surface area contributed by atoms with Gasteiger partial charge in [-0.05, 0) is 66.9 Å². The summed E-state index contributed by atoms with van der Waals surface area (Å²) in [6.45, 7) is 2.06. The maximum Gasteiger partial charge on any atom is 0.261 e. The van der Waals surface area contributed by atoms with Gasteiger partial charge < -0.3 is 10.2 Å². The first kappa shape index (κ1) is 21.8. The molecule has 1 aliphatic rings. The van der Waals surface area contributed by atoms with Crippen molar-refractivity contribution >= 4 is 33.1 Å². The summed E-state index contributed by atoms with van der Waals surface area (Å²) in [5.74, 6) is -0.239. The molecule has 32 heavy (non-hydrogen) atoms. The van der Waals surface area contributed by atoms with Crippen molar-refractivity contribution in [3.05, 3.63) is 78.2 Å². The van der Waals surface area contributed by atoms with E-state index >= 15 is 0 Å². The zero-order valence-corrected chi connectivity index (χ0v) is 18.1. The van der Waals surface area contributed by atoms with E-state index in [1.807, 2.05) is 6.07 Å². The highest BCUT2D eigenvalue weighted by molar-refractivity contribution is 7.92. The summed E-state index contributed by atoms with van der Waals surface area (Å²) in [7, 11) is -3.82. The van der Waals surface area contributed by atoms with Gasteiger partial charge in [0.25, 0.3) is 10.0 Å². The van der Waals surface area contributed by atoms with Gasteiger partial charge in [0.05, 0.1) is 23.2 Å². The van der Waals surface area contributed by atoms with E-state index in [2.05, 4.69) is 19.9 Å². The number of carbonyl (C=O) groups excluding carboxylic acids is 1. The lowest BCUT2D eigenvalue weighted by atomic mass is 10.1. The fraction of sp³-hybridized carbons (Fsp3) is 0.217. The largest absolute Gasteiger partial charge is 0.370 e. The highest BCUT2D eigenvalue weighted by atomic mass is 32.2. The Bertz CT molecular complexity index is 1180. The van der Waals surface area contributed by atoms with Crippen molar-refractivity contribution in [2.45, 2.75) is 24.2 Å². The molecular weight excluding hydrogens is 431 g/mol. The molecule has 4 rings (SSSR count). The molecular formula is C23H23FN4O3S. The van der Waals surface area contributed by atoms with Crippen LogP contribution in [0.25, 0.3) is 0 Å². The zero-order chi connectivity index (χ0) is 22.6. The number of benzene rings is 2. The van der Waals surface area contributed by atoms with E-state index < -0.39 is 15.8 Å². The molecule has 2 N–H and O–H groups in total. The molecule has 166 valence electrons. The van der Waals surface area contributed by atoms with Crippen LogP contribution in [0, 0.1) is 5.82 Å². The first-order chi connectivity index (χ1) is 15.4. The Hall–Kier alpha value is -3.46. The monoisotopic (exact) mass is 454 g/mol. The van der Waals surface area contributed by atoms with Crippen LogP contribution in [0.1, 0.15) is 18.4 Å². The van der Waals surface area contributed by atoms with Gasteiger partial charge in [-0.25, -0.2) is 17.8 Å². The molecule has 1 aromatic heterocycles. The van der Waals surface area contributed by atoms with Crippen LogP contribution in [0.15, 0.2) is 71.8 Å². The van der Waals surface area contributed by atoms with Gasteiger partial charge in [0, 0.05) is 18.8 Å². The minimum Gasteiger partial charge on any atom is -0.370 e. The number of rotatable bonds is 7. The van der Waals surface area contributed by atoms with E-state index in [1.165, 1.54) is 25.0 Å². The van der Waals surface area contributed by atoms with Crippen molar-refractivity contribution in [3.8, 4) is 0 Å². The van der Waals surface area contributed by atoms with Gasteiger partial charge in [0.1, 0.15) is 11.6 Å². The average Bonchev–Trinajstić information content (AvgIpc) is 3.31. The number of carbonyl (C=O) groups is 1. The Morgan fingerprint density at radius 3 is 2.28 bits per heavy atom. The number of halogens is 1. The van der Waals surface area contributed by atoms with Crippen molar-refractivity contribution < 1.29 is 17.6 Å². The summed E-state index contributed by atoms with van der Waals surface area (Å²) in [5, 5.41) is 2.78. The van der Waals surface area contributed by atoms with Crippen LogP contribution >= 0.6 is 0 Å². The normalized spacial score (nSPS) is 13.7. The molecule has 0 atom stereocenters. The number of nitrogens with one attached hydrogen (secondary N) is 2. The standard InChI is InChI=1S/C23H23FN4O3S/c24-18-5-10-21(11-6-18)32(30,31)27-19-7-3-17(4-8-19)15-23(29)26-22-12-9-20(16-25-22)28-13-1-2-14-28/h3-12,16,27H,1-2,13-15H2,(H,25,26,29). The summed E-state index contributed by atoms with van der Waals surface area (Å²) in [5.41, 5.74) is 2.12. The summed E-state index contributed by atoms with van der Waals surface area (Å²) in [4.78, 5) is 18.9. The first-order valence-electron chi connectivity index (χ1n) is 10.3. The fourth-order valence-corrected chi connectivity index (χ4v) is 4.57. The maximum absolute atomic E-state index is 13.0. The van der Waals surface area contributed by atoms with Gasteiger partial charge in [0.15, 0.2) is 0 Å². The molecule has 9 heteroatoms. The number of pyridine rings is 1. The van der Waals surface area contributed by atoms with Gasteiger partial charge >= 0.3 is 0 Å². The topological polar surface area (TPSA) is 91.4 Å². The summed E-state index contributed by atoms with van der Waals surface area (Å²) in [6.07, 6.45) is 4.26. The third-order valence-corrected chi connectivity index (χ3v) is 6.58. The molecule has 2 heterocycles. The number of sulfonamides is 1. The van der Waals surface area contributed by atoms with Gasteiger partial charge in [-0.2, -0.15) is 0 Å². The van der Waals surface area contributed by atoms with Crippen LogP contribution in [0.4, 0.5) is 21.6 Å². The van der Waals surface area contributed by atoms with Gasteiger partial charge in [0.2, 0.25) is 5.91 Å². The molecule has 0 radical (unpaired) electrons. The predicted octanol–water partition coefficient (Wildman–Crippen LogP) is 3.80. The van der Waals surface area contributed by atoms with Crippen LogP contribution in [-0.4, -0.2) is 32.4 Å². The van der Waals surface area contributed by atoms with Crippen molar-refractivity contribution in [2.75, 3.05) is 28.0 Å². The van der Waals surface area contributed by atoms with E-state index in [0.717, 1.165) is 36.5 Å². The molecule has 1 fully saturated rings. The third kappa shape index (κ3) is 5.42. The molecule has 0 spiro atoms. The molecule has 1 amide bonds. The number of aromatic nitrogens is 1. The molecule has 7 nitrogen and oxygen atoms in total. The number of hydrogen-bond donors (Lipinski definition) is 2. The number of anilines is 3. The first-order valence-corrected chi connectivity index (χ1v) is 11.8. The van der Waals surface area contributed by atoms with Gasteiger partial charge in [-0.15, -0.1) is 0 Å². The lowest BCUT2D eigenvalue weighted by Gasteiger charge is -2.17. The fourth-order valence-electron chi connectivity index (χ4n) is 3.51. The van der Waals surface area contributed by atoms with E-state index in [0.29, 0.717) is 11.5 Å². The second-order valence-electron chi connectivity index (χ2n) is 7.58. The van der Waals surface area contributed by atoms with E-state index in [9.17, 15) is 17.6 Å². The van der Waals surface area contributed by atoms with E-state index in [1.54, 1.807) is 36.5 Å². The molecule has 0 unspecified atom stereocenters. The molecule has 2 aromatic carbocycles. The Morgan fingerprint density at radius 2 is 1.66 bits per heavy atom. The highest BCUT2D eigenvalue weighted by Crippen LogP contribution is 2.21. The molecule has 1 aliphatic heterocycles. The van der Waals surface area contributed by atoms with Crippen LogP contribution in [0.3, 0.4) is 0 Å². The molecule has 0 bridgehead atoms. The molecule has 0 aliphatic carbocycles. The third-order valence-electron chi connectivity index (χ3n) is 5.18. The number of hydrogen-bond acceptors (Lipinski definition) is 5. The van der Waals surface area contributed by atoms with Crippen molar-refractivity contribution in [3.63, 3.8) is 0 Å². The van der Waals surface area contributed by atoms with Crippen LogP contribution < -0.4 is 14.9 Å². The minimum absolute atomic E-state index is 0.0365. The smallest absolute Gasteiger partial charge is 0.261 e. The molecule has 3 aromatic rings. The maximum atomic E-state index is 13.0.